The van der Waals surface area contributed by atoms with Crippen molar-refractivity contribution < 1.29 is 9.53 Å². The fourth-order valence-electron chi connectivity index (χ4n) is 6.95. The number of hydrogen-bond acceptors (Lipinski definition) is 3. The van der Waals surface area contributed by atoms with Gasteiger partial charge in [-0.25, -0.2) is 0 Å². The molecule has 1 aliphatic heterocycles. The van der Waals surface area contributed by atoms with Gasteiger partial charge in [-0.05, 0) is 92.3 Å². The highest BCUT2D eigenvalue weighted by atomic mass is 16.5. The van der Waals surface area contributed by atoms with E-state index in [0.717, 1.165) is 31.1 Å². The molecule has 34 heavy (non-hydrogen) atoms. The van der Waals surface area contributed by atoms with Gasteiger partial charge in [0.1, 0.15) is 6.29 Å². The molecule has 0 amide bonds. The summed E-state index contributed by atoms with van der Waals surface area (Å²) in [6, 6.07) is 2.62. The predicted molar refractivity (Wildman–Crippen MR) is 140 cm³/mol. The molecular weight excluding hydrogens is 418 g/mol. The van der Waals surface area contributed by atoms with Crippen molar-refractivity contribution in [2.75, 3.05) is 13.2 Å². The normalized spacial score (nSPS) is 28.8. The molecule has 3 rings (SSSR count). The second-order valence-corrected chi connectivity index (χ2v) is 11.7. The molecule has 188 valence electrons. The highest BCUT2D eigenvalue weighted by Gasteiger charge is 2.27. The zero-order valence-electron chi connectivity index (χ0n) is 22.0. The summed E-state index contributed by atoms with van der Waals surface area (Å²) in [5, 5.41) is 10.2. The molecule has 4 unspecified atom stereocenters. The minimum Gasteiger partial charge on any atom is -0.376 e. The molecule has 2 saturated carbocycles. The van der Waals surface area contributed by atoms with Crippen LogP contribution >= 0.6 is 0 Å². The number of nitrogens with zero attached hydrogens (tertiary/aromatic N) is 1. The van der Waals surface area contributed by atoms with Crippen LogP contribution in [0.5, 0.6) is 0 Å². The summed E-state index contributed by atoms with van der Waals surface area (Å²) in [5.41, 5.74) is 5.88. The summed E-state index contributed by atoms with van der Waals surface area (Å²) in [4.78, 5) is 11.1. The Bertz CT molecular complexity index is 808. The largest absolute Gasteiger partial charge is 0.376 e. The van der Waals surface area contributed by atoms with E-state index in [-0.39, 0.29) is 5.92 Å². The number of ether oxygens (including phenoxy) is 1. The SMILES string of the molecule is C=C(C1=C(C(C#N)=C(C)CC2CCCC(CC(C)C=O)CC(C)C2)CCOC1)C1CCCCC1. The topological polar surface area (TPSA) is 50.1 Å². The van der Waals surface area contributed by atoms with Crippen LogP contribution in [0.1, 0.15) is 104 Å². The molecule has 0 radical (unpaired) electrons. The maximum absolute atomic E-state index is 11.1. The van der Waals surface area contributed by atoms with Crippen LogP contribution in [0.2, 0.25) is 0 Å². The Labute approximate surface area is 208 Å². The second kappa shape index (κ2) is 13.4. The van der Waals surface area contributed by atoms with Crippen molar-refractivity contribution >= 4 is 6.29 Å². The highest BCUT2D eigenvalue weighted by molar-refractivity contribution is 5.53. The smallest absolute Gasteiger partial charge is 0.122 e. The van der Waals surface area contributed by atoms with Crippen molar-refractivity contribution in [2.24, 2.45) is 29.6 Å². The van der Waals surface area contributed by atoms with Gasteiger partial charge in [0.2, 0.25) is 0 Å². The number of carbonyl (C=O) groups excluding carboxylic acids is 1. The van der Waals surface area contributed by atoms with Crippen LogP contribution in [0, 0.1) is 40.9 Å². The van der Waals surface area contributed by atoms with Crippen molar-refractivity contribution in [3.63, 3.8) is 0 Å². The van der Waals surface area contributed by atoms with Gasteiger partial charge in [-0.3, -0.25) is 0 Å². The van der Waals surface area contributed by atoms with Gasteiger partial charge in [0, 0.05) is 5.92 Å². The Morgan fingerprint density at radius 1 is 1.12 bits per heavy atom. The lowest BCUT2D eigenvalue weighted by Gasteiger charge is -2.31. The summed E-state index contributed by atoms with van der Waals surface area (Å²) in [6.45, 7) is 12.5. The first kappa shape index (κ1) is 26.9. The first-order valence-electron chi connectivity index (χ1n) is 14.0. The fraction of sp³-hybridized carbons (Fsp3) is 0.742. The lowest BCUT2D eigenvalue weighted by Crippen LogP contribution is -2.20. The minimum atomic E-state index is 0.182. The van der Waals surface area contributed by atoms with Crippen molar-refractivity contribution in [1.29, 1.82) is 5.26 Å². The van der Waals surface area contributed by atoms with Crippen LogP contribution in [-0.2, 0) is 9.53 Å². The maximum Gasteiger partial charge on any atom is 0.122 e. The second-order valence-electron chi connectivity index (χ2n) is 11.7. The third kappa shape index (κ3) is 7.42. The molecule has 2 aliphatic carbocycles. The molecule has 3 aliphatic rings. The quantitative estimate of drug-likeness (QED) is 0.268. The summed E-state index contributed by atoms with van der Waals surface area (Å²) in [6.07, 6.45) is 16.6. The van der Waals surface area contributed by atoms with Gasteiger partial charge >= 0.3 is 0 Å². The molecule has 3 nitrogen and oxygen atoms in total. The van der Waals surface area contributed by atoms with Gasteiger partial charge in [0.15, 0.2) is 0 Å². The molecular formula is C31H47NO2. The molecule has 0 aromatic rings. The Kier molecular flexibility index (Phi) is 10.6. The van der Waals surface area contributed by atoms with Crippen molar-refractivity contribution in [1.82, 2.24) is 0 Å². The zero-order valence-corrected chi connectivity index (χ0v) is 22.0. The highest BCUT2D eigenvalue weighted by Crippen LogP contribution is 2.39. The number of carbonyl (C=O) groups is 1. The van der Waals surface area contributed by atoms with Gasteiger partial charge in [-0.2, -0.15) is 5.26 Å². The first-order valence-corrected chi connectivity index (χ1v) is 14.0. The van der Waals surface area contributed by atoms with E-state index >= 15 is 0 Å². The summed E-state index contributed by atoms with van der Waals surface area (Å²) >= 11 is 0. The van der Waals surface area contributed by atoms with Crippen molar-refractivity contribution in [3.05, 3.63) is 34.4 Å². The summed E-state index contributed by atoms with van der Waals surface area (Å²) in [5.74, 6) is 2.75. The molecule has 4 atom stereocenters. The zero-order chi connectivity index (χ0) is 24.5. The molecule has 0 aromatic carbocycles. The maximum atomic E-state index is 11.1. The van der Waals surface area contributed by atoms with E-state index in [1.165, 1.54) is 86.5 Å². The van der Waals surface area contributed by atoms with Gasteiger partial charge in [-0.1, -0.05) is 64.5 Å². The van der Waals surface area contributed by atoms with Crippen LogP contribution in [-0.4, -0.2) is 19.5 Å². The lowest BCUT2D eigenvalue weighted by atomic mass is 9.75. The number of allylic oxidation sites excluding steroid dienone is 2. The van der Waals surface area contributed by atoms with Crippen LogP contribution in [0.3, 0.4) is 0 Å². The summed E-state index contributed by atoms with van der Waals surface area (Å²) in [7, 11) is 0. The van der Waals surface area contributed by atoms with Crippen LogP contribution < -0.4 is 0 Å². The van der Waals surface area contributed by atoms with E-state index < -0.39 is 0 Å². The molecule has 3 heteroatoms. The Balaban J connectivity index is 1.73. The molecule has 0 spiro atoms. The Morgan fingerprint density at radius 2 is 1.82 bits per heavy atom. The third-order valence-corrected chi connectivity index (χ3v) is 8.66. The van der Waals surface area contributed by atoms with Crippen LogP contribution in [0.25, 0.3) is 0 Å². The fourth-order valence-corrected chi connectivity index (χ4v) is 6.95. The van der Waals surface area contributed by atoms with E-state index in [2.05, 4.69) is 33.4 Å². The van der Waals surface area contributed by atoms with Gasteiger partial charge in [0.05, 0.1) is 24.9 Å². The average Bonchev–Trinajstić information content (AvgIpc) is 2.83. The van der Waals surface area contributed by atoms with E-state index in [1.807, 2.05) is 0 Å². The Morgan fingerprint density at radius 3 is 2.53 bits per heavy atom. The molecule has 0 aromatic heterocycles. The van der Waals surface area contributed by atoms with Crippen molar-refractivity contribution in [2.45, 2.75) is 104 Å². The minimum absolute atomic E-state index is 0.182. The molecule has 2 fully saturated rings. The molecule has 0 N–H and O–H groups in total. The molecule has 0 bridgehead atoms. The van der Waals surface area contributed by atoms with Gasteiger partial charge < -0.3 is 9.53 Å². The monoisotopic (exact) mass is 465 g/mol. The van der Waals surface area contributed by atoms with E-state index in [0.29, 0.717) is 36.9 Å². The predicted octanol–water partition coefficient (Wildman–Crippen LogP) is 8.13. The van der Waals surface area contributed by atoms with Gasteiger partial charge in [-0.15, -0.1) is 0 Å². The average molecular weight is 466 g/mol. The lowest BCUT2D eigenvalue weighted by molar-refractivity contribution is -0.111. The molecule has 0 saturated heterocycles. The number of aldehydes is 1. The van der Waals surface area contributed by atoms with Gasteiger partial charge in [0.25, 0.3) is 0 Å². The van der Waals surface area contributed by atoms with Crippen LogP contribution in [0.4, 0.5) is 0 Å². The van der Waals surface area contributed by atoms with Crippen molar-refractivity contribution in [3.8, 4) is 6.07 Å². The number of hydrogen-bond donors (Lipinski definition) is 0. The number of rotatable bonds is 8. The van der Waals surface area contributed by atoms with Crippen LogP contribution in [0.15, 0.2) is 34.4 Å². The van der Waals surface area contributed by atoms with E-state index in [1.54, 1.807) is 0 Å². The third-order valence-electron chi connectivity index (χ3n) is 8.66. The Hall–Kier alpha value is -1.66. The van der Waals surface area contributed by atoms with E-state index in [9.17, 15) is 10.1 Å². The van der Waals surface area contributed by atoms with E-state index in [4.69, 9.17) is 4.74 Å². The molecule has 1 heterocycles. The standard InChI is InChI=1S/C31H47NO2/c1-22-15-26(17-23(2)20-33)9-8-10-27(16-22)18-24(3)30(19-32)29-13-14-34-21-31(29)25(4)28-11-6-5-7-12-28/h20,22-23,26-28H,4-18,21H2,1-3H3. The first-order chi connectivity index (χ1) is 16.4. The summed E-state index contributed by atoms with van der Waals surface area (Å²) < 4.78 is 5.87. The number of nitriles is 1.